The normalized spacial score (nSPS) is 9.69. The predicted octanol–water partition coefficient (Wildman–Crippen LogP) is 2.16. The van der Waals surface area contributed by atoms with Gasteiger partial charge in [-0.15, -0.1) is 0 Å². The fraction of sp³-hybridized carbons (Fsp3) is 0.111. The molecule has 0 spiro atoms. The molecule has 3 nitrogen and oxygen atoms in total. The highest BCUT2D eigenvalue weighted by atomic mass is 35.5. The molecule has 0 saturated carbocycles. The van der Waals surface area contributed by atoms with Gasteiger partial charge in [-0.25, -0.2) is 4.79 Å². The van der Waals surface area contributed by atoms with Crippen molar-refractivity contribution in [3.63, 3.8) is 0 Å². The van der Waals surface area contributed by atoms with Gasteiger partial charge < -0.3 is 5.11 Å². The zero-order valence-electron chi connectivity index (χ0n) is 6.87. The number of benzene rings is 1. The van der Waals surface area contributed by atoms with Crippen LogP contribution in [0.15, 0.2) is 12.1 Å². The topological polar surface area (TPSA) is 54.4 Å². The molecule has 0 radical (unpaired) electrons. The maximum absolute atomic E-state index is 10.6. The Balaban J connectivity index is 3.47. The van der Waals surface area contributed by atoms with Crippen LogP contribution in [0.1, 0.15) is 26.3 Å². The molecule has 0 atom stereocenters. The second-order valence-electron chi connectivity index (χ2n) is 2.58. The van der Waals surface area contributed by atoms with Crippen LogP contribution in [0, 0.1) is 6.92 Å². The summed E-state index contributed by atoms with van der Waals surface area (Å²) in [6, 6.07) is 2.94. The first-order valence-electron chi connectivity index (χ1n) is 3.55. The third-order valence-electron chi connectivity index (χ3n) is 1.72. The van der Waals surface area contributed by atoms with Crippen LogP contribution in [0.5, 0.6) is 0 Å². The maximum atomic E-state index is 10.6. The van der Waals surface area contributed by atoms with Crippen molar-refractivity contribution in [2.24, 2.45) is 0 Å². The van der Waals surface area contributed by atoms with Crippen LogP contribution in [0.25, 0.3) is 0 Å². The number of carboxylic acid groups (broad SMARTS) is 1. The van der Waals surface area contributed by atoms with Crippen molar-refractivity contribution >= 4 is 23.9 Å². The Morgan fingerprint density at radius 2 is 2.15 bits per heavy atom. The van der Waals surface area contributed by atoms with Crippen LogP contribution >= 0.6 is 11.6 Å². The summed E-state index contributed by atoms with van der Waals surface area (Å²) < 4.78 is 0. The number of aryl methyl sites for hydroxylation is 1. The highest BCUT2D eigenvalue weighted by Gasteiger charge is 2.13. The molecule has 1 aromatic carbocycles. The lowest BCUT2D eigenvalue weighted by molar-refractivity contribution is 0.0694. The summed E-state index contributed by atoms with van der Waals surface area (Å²) in [5, 5.41) is 8.90. The first kappa shape index (κ1) is 9.74. The fourth-order valence-corrected chi connectivity index (χ4v) is 1.21. The van der Waals surface area contributed by atoms with Crippen molar-refractivity contribution in [3.8, 4) is 0 Å². The smallest absolute Gasteiger partial charge is 0.336 e. The van der Waals surface area contributed by atoms with Gasteiger partial charge in [-0.2, -0.15) is 0 Å². The Bertz CT molecular complexity index is 371. The molecule has 0 aliphatic carbocycles. The van der Waals surface area contributed by atoms with Gasteiger partial charge in [-0.05, 0) is 18.6 Å². The quantitative estimate of drug-likeness (QED) is 0.741. The van der Waals surface area contributed by atoms with Gasteiger partial charge in [0.1, 0.15) is 0 Å². The van der Waals surface area contributed by atoms with E-state index in [1.165, 1.54) is 6.07 Å². The van der Waals surface area contributed by atoms with Gasteiger partial charge in [-0.1, -0.05) is 17.7 Å². The number of aldehydes is 1. The molecule has 68 valence electrons. The van der Waals surface area contributed by atoms with Crippen molar-refractivity contribution < 1.29 is 14.7 Å². The standard InChI is InChI=1S/C9H7ClO3/c1-5-2-3-6(9(12)13)7(4-11)8(5)10/h2-4H,1H3,(H,12,13). The number of carboxylic acids is 1. The second-order valence-corrected chi connectivity index (χ2v) is 2.96. The maximum Gasteiger partial charge on any atom is 0.336 e. The summed E-state index contributed by atoms with van der Waals surface area (Å²) in [6.07, 6.45) is 0.457. The van der Waals surface area contributed by atoms with Crippen LogP contribution in [0.2, 0.25) is 5.02 Å². The van der Waals surface area contributed by atoms with Gasteiger partial charge in [0.25, 0.3) is 0 Å². The Labute approximate surface area is 79.9 Å². The lowest BCUT2D eigenvalue weighted by atomic mass is 10.1. The van der Waals surface area contributed by atoms with Crippen LogP contribution in [-0.2, 0) is 0 Å². The SMILES string of the molecule is Cc1ccc(C(=O)O)c(C=O)c1Cl. The number of carbonyl (C=O) groups excluding carboxylic acids is 1. The zero-order valence-corrected chi connectivity index (χ0v) is 7.63. The molecule has 13 heavy (non-hydrogen) atoms. The van der Waals surface area contributed by atoms with Crippen molar-refractivity contribution in [2.75, 3.05) is 0 Å². The average molecular weight is 199 g/mol. The number of rotatable bonds is 2. The molecule has 1 N–H and O–H groups in total. The van der Waals surface area contributed by atoms with Gasteiger partial charge >= 0.3 is 5.97 Å². The first-order valence-corrected chi connectivity index (χ1v) is 3.93. The molecular weight excluding hydrogens is 192 g/mol. The number of hydrogen-bond donors (Lipinski definition) is 1. The second kappa shape index (κ2) is 3.58. The molecule has 0 fully saturated rings. The van der Waals surface area contributed by atoms with E-state index >= 15 is 0 Å². The van der Waals surface area contributed by atoms with Gasteiger partial charge in [0.15, 0.2) is 6.29 Å². The predicted molar refractivity (Wildman–Crippen MR) is 48.5 cm³/mol. The number of halogens is 1. The lowest BCUT2D eigenvalue weighted by Crippen LogP contribution is -2.03. The van der Waals surface area contributed by atoms with E-state index in [0.717, 1.165) is 0 Å². The van der Waals surface area contributed by atoms with Crippen LogP contribution in [0.4, 0.5) is 0 Å². The monoisotopic (exact) mass is 198 g/mol. The Morgan fingerprint density at radius 1 is 1.54 bits per heavy atom. The molecular formula is C9H7ClO3. The molecule has 1 aromatic rings. The third-order valence-corrected chi connectivity index (χ3v) is 2.22. The van der Waals surface area contributed by atoms with E-state index in [4.69, 9.17) is 16.7 Å². The third kappa shape index (κ3) is 1.70. The van der Waals surface area contributed by atoms with E-state index in [0.29, 0.717) is 11.8 Å². The highest BCUT2D eigenvalue weighted by molar-refractivity contribution is 6.34. The van der Waals surface area contributed by atoms with E-state index < -0.39 is 5.97 Å². The lowest BCUT2D eigenvalue weighted by Gasteiger charge is -2.03. The van der Waals surface area contributed by atoms with E-state index in [1.807, 2.05) is 0 Å². The van der Waals surface area contributed by atoms with Crippen LogP contribution < -0.4 is 0 Å². The summed E-state index contributed by atoms with van der Waals surface area (Å²) in [5.41, 5.74) is 0.661. The number of aromatic carboxylic acids is 1. The highest BCUT2D eigenvalue weighted by Crippen LogP contribution is 2.22. The van der Waals surface area contributed by atoms with Crippen molar-refractivity contribution in [3.05, 3.63) is 33.8 Å². The van der Waals surface area contributed by atoms with Crippen LogP contribution in [0.3, 0.4) is 0 Å². The van der Waals surface area contributed by atoms with Crippen LogP contribution in [-0.4, -0.2) is 17.4 Å². The molecule has 0 bridgehead atoms. The minimum Gasteiger partial charge on any atom is -0.478 e. The van der Waals surface area contributed by atoms with Gasteiger partial charge in [0, 0.05) is 5.56 Å². The van der Waals surface area contributed by atoms with E-state index in [-0.39, 0.29) is 16.1 Å². The number of carbonyl (C=O) groups is 2. The fourth-order valence-electron chi connectivity index (χ4n) is 1.00. The minimum absolute atomic E-state index is 0.0363. The molecule has 0 heterocycles. The number of hydrogen-bond acceptors (Lipinski definition) is 2. The minimum atomic E-state index is -1.15. The van der Waals surface area contributed by atoms with Gasteiger partial charge in [0.05, 0.1) is 10.6 Å². The summed E-state index contributed by atoms with van der Waals surface area (Å²) in [4.78, 5) is 21.2. The molecule has 4 heteroatoms. The Morgan fingerprint density at radius 3 is 2.62 bits per heavy atom. The summed E-state index contributed by atoms with van der Waals surface area (Å²) in [6.45, 7) is 1.71. The van der Waals surface area contributed by atoms with E-state index in [9.17, 15) is 9.59 Å². The Kier molecular flexibility index (Phi) is 2.68. The van der Waals surface area contributed by atoms with Gasteiger partial charge in [0.2, 0.25) is 0 Å². The molecule has 1 rings (SSSR count). The molecule has 0 amide bonds. The van der Waals surface area contributed by atoms with Crippen molar-refractivity contribution in [1.29, 1.82) is 0 Å². The molecule has 0 aromatic heterocycles. The molecule has 0 aliphatic heterocycles. The van der Waals surface area contributed by atoms with E-state index in [1.54, 1.807) is 13.0 Å². The van der Waals surface area contributed by atoms with Crippen molar-refractivity contribution in [1.82, 2.24) is 0 Å². The van der Waals surface area contributed by atoms with Crippen molar-refractivity contribution in [2.45, 2.75) is 6.92 Å². The first-order chi connectivity index (χ1) is 6.07. The molecule has 0 unspecified atom stereocenters. The largest absolute Gasteiger partial charge is 0.478 e. The Hall–Kier alpha value is -1.35. The summed E-state index contributed by atoms with van der Waals surface area (Å²) in [5.74, 6) is -1.15. The van der Waals surface area contributed by atoms with E-state index in [2.05, 4.69) is 0 Å². The average Bonchev–Trinajstić information content (AvgIpc) is 2.09. The van der Waals surface area contributed by atoms with Gasteiger partial charge in [-0.3, -0.25) is 4.79 Å². The molecule has 0 saturated heterocycles. The summed E-state index contributed by atoms with van der Waals surface area (Å²) in [7, 11) is 0. The molecule has 0 aliphatic rings. The summed E-state index contributed by atoms with van der Waals surface area (Å²) >= 11 is 5.75. The zero-order chi connectivity index (χ0) is 10.0.